The summed E-state index contributed by atoms with van der Waals surface area (Å²) in [5.74, 6) is -3.40. The molecule has 2 saturated carbocycles. The minimum absolute atomic E-state index is 0.189. The van der Waals surface area contributed by atoms with Gasteiger partial charge in [0.15, 0.2) is 11.6 Å². The Balaban J connectivity index is 0.000000266. The first-order chi connectivity index (χ1) is 16.0. The third-order valence-corrected chi connectivity index (χ3v) is 6.09. The molecule has 3 rings (SSSR count). The lowest BCUT2D eigenvalue weighted by atomic mass is 9.91. The lowest BCUT2D eigenvalue weighted by molar-refractivity contribution is -0.139. The Hall–Kier alpha value is -2.22. The van der Waals surface area contributed by atoms with Crippen molar-refractivity contribution in [3.8, 4) is 0 Å². The van der Waals surface area contributed by atoms with Crippen LogP contribution in [0.25, 0.3) is 0 Å². The summed E-state index contributed by atoms with van der Waals surface area (Å²) >= 11 is 0. The van der Waals surface area contributed by atoms with E-state index in [1.54, 1.807) is 20.8 Å². The van der Waals surface area contributed by atoms with E-state index in [9.17, 15) is 18.4 Å². The summed E-state index contributed by atoms with van der Waals surface area (Å²) in [6, 6.07) is 3.49. The van der Waals surface area contributed by atoms with Crippen LogP contribution in [-0.4, -0.2) is 40.9 Å². The molecule has 0 spiro atoms. The van der Waals surface area contributed by atoms with Crippen LogP contribution in [0.2, 0.25) is 0 Å². The van der Waals surface area contributed by atoms with Gasteiger partial charge in [-0.25, -0.2) is 18.4 Å². The summed E-state index contributed by atoms with van der Waals surface area (Å²) < 4.78 is 30.8. The van der Waals surface area contributed by atoms with E-state index in [2.05, 4.69) is 10.6 Å². The highest BCUT2D eigenvalue weighted by atomic mass is 19.2. The zero-order valence-corrected chi connectivity index (χ0v) is 20.7. The van der Waals surface area contributed by atoms with E-state index >= 15 is 0 Å². The number of halogens is 2. The molecule has 6 nitrogen and oxygen atoms in total. The Labute approximate surface area is 201 Å². The normalized spacial score (nSPS) is 18.4. The largest absolute Gasteiger partial charge is 0.480 e. The number of nitrogens with one attached hydrogen (secondary N) is 2. The van der Waals surface area contributed by atoms with Gasteiger partial charge in [0, 0.05) is 18.5 Å². The molecule has 8 heteroatoms. The fourth-order valence-electron chi connectivity index (χ4n) is 4.42. The average molecular weight is 483 g/mol. The molecule has 34 heavy (non-hydrogen) atoms. The minimum atomic E-state index is -1.30. The van der Waals surface area contributed by atoms with Crippen LogP contribution in [0.4, 0.5) is 13.6 Å². The minimum Gasteiger partial charge on any atom is -0.480 e. The molecule has 2 aliphatic rings. The number of benzene rings is 1. The van der Waals surface area contributed by atoms with Crippen molar-refractivity contribution in [3.63, 3.8) is 0 Å². The zero-order chi connectivity index (χ0) is 25.1. The maximum atomic E-state index is 13.1. The highest BCUT2D eigenvalue weighted by Gasteiger charge is 2.24. The fourth-order valence-corrected chi connectivity index (χ4v) is 4.42. The summed E-state index contributed by atoms with van der Waals surface area (Å²) in [4.78, 5) is 22.7. The first-order valence-electron chi connectivity index (χ1n) is 12.5. The van der Waals surface area contributed by atoms with E-state index in [-0.39, 0.29) is 12.0 Å². The quantitative estimate of drug-likeness (QED) is 0.482. The van der Waals surface area contributed by atoms with Gasteiger partial charge in [0.2, 0.25) is 0 Å². The van der Waals surface area contributed by atoms with Crippen LogP contribution in [0.1, 0.15) is 90.5 Å². The lowest BCUT2D eigenvalue weighted by Crippen LogP contribution is -2.44. The molecule has 2 fully saturated rings. The summed E-state index contributed by atoms with van der Waals surface area (Å²) in [6.07, 6.45) is 13.5. The lowest BCUT2D eigenvalue weighted by Gasteiger charge is -2.30. The van der Waals surface area contributed by atoms with Crippen LogP contribution < -0.4 is 10.6 Å². The number of ether oxygens (including phenoxy) is 1. The second-order valence-electron chi connectivity index (χ2n) is 10.3. The number of rotatable bonds is 6. The molecule has 0 radical (unpaired) electrons. The number of carboxylic acid groups (broad SMARTS) is 1. The number of carboxylic acids is 1. The van der Waals surface area contributed by atoms with Gasteiger partial charge in [-0.3, -0.25) is 0 Å². The van der Waals surface area contributed by atoms with Crippen molar-refractivity contribution in [1.29, 1.82) is 0 Å². The molecule has 0 unspecified atom stereocenters. The second-order valence-corrected chi connectivity index (χ2v) is 10.3. The Morgan fingerprint density at radius 3 is 1.94 bits per heavy atom. The molecule has 0 saturated heterocycles. The molecule has 1 aromatic rings. The molecule has 1 aromatic carbocycles. The first kappa shape index (κ1) is 28.0. The van der Waals surface area contributed by atoms with E-state index in [1.807, 2.05) is 0 Å². The zero-order valence-electron chi connectivity index (χ0n) is 20.7. The van der Waals surface area contributed by atoms with Gasteiger partial charge in [0.1, 0.15) is 11.6 Å². The number of hydrogen-bond acceptors (Lipinski definition) is 4. The molecule has 0 aliphatic heterocycles. The second kappa shape index (κ2) is 13.6. The molecule has 2 aliphatic carbocycles. The predicted octanol–water partition coefficient (Wildman–Crippen LogP) is 5.73. The topological polar surface area (TPSA) is 87.7 Å². The molecule has 3 N–H and O–H groups in total. The van der Waals surface area contributed by atoms with Crippen molar-refractivity contribution < 1.29 is 28.2 Å². The Bertz CT molecular complexity index is 769. The van der Waals surface area contributed by atoms with Crippen molar-refractivity contribution in [1.82, 2.24) is 10.6 Å². The smallest absolute Gasteiger partial charge is 0.408 e. The van der Waals surface area contributed by atoms with Gasteiger partial charge in [-0.15, -0.1) is 0 Å². The summed E-state index contributed by atoms with van der Waals surface area (Å²) in [7, 11) is 0. The van der Waals surface area contributed by atoms with Gasteiger partial charge in [0.25, 0.3) is 0 Å². The maximum absolute atomic E-state index is 13.1. The standard InChI is InChI=1S/C14H17F2NO4.C12H23N/c1-14(2,3)21-13(20)17-11(12(18)19)7-8-4-5-9(15)10(16)6-8;1-3-7-11(8-4-1)13-12-9-5-2-6-10-12/h4-6,11H,7H2,1-3H3,(H,17,20)(H,18,19);11-13H,1-10H2/t11-;/m0./s1. The fraction of sp³-hybridized carbons (Fsp3) is 0.692. The third-order valence-electron chi connectivity index (χ3n) is 6.09. The number of amides is 1. The van der Waals surface area contributed by atoms with Crippen molar-refractivity contribution in [2.24, 2.45) is 0 Å². The Morgan fingerprint density at radius 2 is 1.50 bits per heavy atom. The van der Waals surface area contributed by atoms with Crippen LogP contribution in [0.3, 0.4) is 0 Å². The van der Waals surface area contributed by atoms with E-state index in [1.165, 1.54) is 70.3 Å². The van der Waals surface area contributed by atoms with E-state index in [0.29, 0.717) is 0 Å². The van der Waals surface area contributed by atoms with Crippen molar-refractivity contribution in [2.75, 3.05) is 0 Å². The molecular weight excluding hydrogens is 442 g/mol. The Kier molecular flexibility index (Phi) is 11.2. The number of alkyl carbamates (subject to hydrolysis) is 1. The predicted molar refractivity (Wildman–Crippen MR) is 128 cm³/mol. The molecule has 1 amide bonds. The van der Waals surface area contributed by atoms with Gasteiger partial charge in [0.05, 0.1) is 0 Å². The number of aliphatic carboxylic acids is 1. The number of hydrogen-bond donors (Lipinski definition) is 3. The molecule has 192 valence electrons. The van der Waals surface area contributed by atoms with Gasteiger partial charge in [-0.05, 0) is 64.2 Å². The molecule has 1 atom stereocenters. The van der Waals surface area contributed by atoms with E-state index in [0.717, 1.165) is 24.2 Å². The first-order valence-corrected chi connectivity index (χ1v) is 12.5. The average Bonchev–Trinajstić information content (AvgIpc) is 2.76. The van der Waals surface area contributed by atoms with Crippen LogP contribution >= 0.6 is 0 Å². The monoisotopic (exact) mass is 482 g/mol. The van der Waals surface area contributed by atoms with Gasteiger partial charge < -0.3 is 20.5 Å². The van der Waals surface area contributed by atoms with Crippen LogP contribution in [-0.2, 0) is 16.0 Å². The van der Waals surface area contributed by atoms with Gasteiger partial charge in [-0.2, -0.15) is 0 Å². The highest BCUT2D eigenvalue weighted by molar-refractivity contribution is 5.80. The maximum Gasteiger partial charge on any atom is 0.408 e. The van der Waals surface area contributed by atoms with Crippen LogP contribution in [0, 0.1) is 11.6 Å². The van der Waals surface area contributed by atoms with E-state index in [4.69, 9.17) is 9.84 Å². The number of carbonyl (C=O) groups is 2. The Morgan fingerprint density at radius 1 is 0.971 bits per heavy atom. The summed E-state index contributed by atoms with van der Waals surface area (Å²) in [5, 5.41) is 15.1. The molecule has 0 bridgehead atoms. The molecule has 0 heterocycles. The van der Waals surface area contributed by atoms with Crippen LogP contribution in [0.5, 0.6) is 0 Å². The van der Waals surface area contributed by atoms with Crippen molar-refractivity contribution in [2.45, 2.75) is 115 Å². The van der Waals surface area contributed by atoms with Gasteiger partial charge in [-0.1, -0.05) is 44.6 Å². The van der Waals surface area contributed by atoms with Crippen molar-refractivity contribution in [3.05, 3.63) is 35.4 Å². The SMILES string of the molecule is C1CCC(NC2CCCCC2)CC1.CC(C)(C)OC(=O)N[C@@H](Cc1ccc(F)c(F)c1)C(=O)O. The van der Waals surface area contributed by atoms with Crippen LogP contribution in [0.15, 0.2) is 18.2 Å². The summed E-state index contributed by atoms with van der Waals surface area (Å²) in [6.45, 7) is 4.91. The van der Waals surface area contributed by atoms with Crippen molar-refractivity contribution >= 4 is 12.1 Å². The van der Waals surface area contributed by atoms with E-state index < -0.39 is 35.3 Å². The molecule has 0 aromatic heterocycles. The highest BCUT2D eigenvalue weighted by Crippen LogP contribution is 2.22. The summed E-state index contributed by atoms with van der Waals surface area (Å²) in [5.41, 5.74) is -0.521. The molecular formula is C26H40F2N2O4. The van der Waals surface area contributed by atoms with Gasteiger partial charge >= 0.3 is 12.1 Å². The third kappa shape index (κ3) is 10.8. The number of carbonyl (C=O) groups excluding carboxylic acids is 1.